The first-order valence-electron chi connectivity index (χ1n) is 8.03. The Morgan fingerprint density at radius 3 is 1.71 bits per heavy atom. The Labute approximate surface area is 144 Å². The largest absolute Gasteiger partial charge is 0.377 e. The lowest BCUT2D eigenvalue weighted by Crippen LogP contribution is -2.10. The number of carbonyl (C=O) groups is 2. The quantitative estimate of drug-likeness (QED) is 0.809. The van der Waals surface area contributed by atoms with E-state index in [1.807, 2.05) is 62.4 Å². The van der Waals surface area contributed by atoms with E-state index in [9.17, 15) is 9.59 Å². The molecule has 0 fully saturated rings. The molecule has 0 aliphatic carbocycles. The SMILES string of the molecule is CC(=O)Cc1ccccc1C.COCC(=O)Cc1ccccc1C. The fourth-order valence-electron chi connectivity index (χ4n) is 2.31. The lowest BCUT2D eigenvalue weighted by atomic mass is 10.0. The maximum Gasteiger partial charge on any atom is 0.162 e. The Morgan fingerprint density at radius 2 is 1.29 bits per heavy atom. The van der Waals surface area contributed by atoms with Crippen molar-refractivity contribution in [2.24, 2.45) is 0 Å². The van der Waals surface area contributed by atoms with E-state index in [1.54, 1.807) is 6.92 Å². The first-order valence-corrected chi connectivity index (χ1v) is 8.03. The van der Waals surface area contributed by atoms with Crippen molar-refractivity contribution in [1.82, 2.24) is 0 Å². The smallest absolute Gasteiger partial charge is 0.162 e. The molecule has 0 saturated carbocycles. The summed E-state index contributed by atoms with van der Waals surface area (Å²) in [7, 11) is 1.54. The molecule has 0 N–H and O–H groups in total. The molecule has 0 unspecified atom stereocenters. The van der Waals surface area contributed by atoms with Crippen LogP contribution in [0.15, 0.2) is 48.5 Å². The second-order valence-electron chi connectivity index (χ2n) is 5.88. The third-order valence-corrected chi connectivity index (χ3v) is 3.65. The maximum absolute atomic E-state index is 11.2. The minimum atomic E-state index is 0.122. The molecule has 0 heterocycles. The molecule has 0 aromatic heterocycles. The van der Waals surface area contributed by atoms with Crippen LogP contribution in [-0.4, -0.2) is 25.3 Å². The highest BCUT2D eigenvalue weighted by molar-refractivity contribution is 5.82. The van der Waals surface area contributed by atoms with Gasteiger partial charge in [-0.15, -0.1) is 0 Å². The lowest BCUT2D eigenvalue weighted by Gasteiger charge is -2.03. The molecule has 3 nitrogen and oxygen atoms in total. The predicted octanol–water partition coefficient (Wildman–Crippen LogP) is 3.88. The summed E-state index contributed by atoms with van der Waals surface area (Å²) in [6.07, 6.45) is 1.03. The van der Waals surface area contributed by atoms with Crippen LogP contribution in [0.2, 0.25) is 0 Å². The van der Waals surface area contributed by atoms with Gasteiger partial charge in [0.1, 0.15) is 12.4 Å². The summed E-state index contributed by atoms with van der Waals surface area (Å²) in [5, 5.41) is 0. The van der Waals surface area contributed by atoms with Gasteiger partial charge < -0.3 is 4.74 Å². The normalized spacial score (nSPS) is 9.83. The van der Waals surface area contributed by atoms with Crippen LogP contribution < -0.4 is 0 Å². The second-order valence-corrected chi connectivity index (χ2v) is 5.88. The number of rotatable bonds is 6. The highest BCUT2D eigenvalue weighted by Gasteiger charge is 2.04. The molecule has 3 heteroatoms. The van der Waals surface area contributed by atoms with Crippen molar-refractivity contribution in [2.75, 3.05) is 13.7 Å². The van der Waals surface area contributed by atoms with Crippen molar-refractivity contribution >= 4 is 11.6 Å². The zero-order valence-electron chi connectivity index (χ0n) is 15.0. The number of benzene rings is 2. The molecule has 0 radical (unpaired) electrons. The molecule has 0 aliphatic rings. The molecule has 0 spiro atoms. The lowest BCUT2D eigenvalue weighted by molar-refractivity contribution is -0.122. The summed E-state index contributed by atoms with van der Waals surface area (Å²) in [4.78, 5) is 22.0. The topological polar surface area (TPSA) is 43.4 Å². The van der Waals surface area contributed by atoms with Gasteiger partial charge in [-0.3, -0.25) is 9.59 Å². The van der Waals surface area contributed by atoms with Crippen molar-refractivity contribution in [1.29, 1.82) is 0 Å². The number of hydrogen-bond donors (Lipinski definition) is 0. The summed E-state index contributed by atoms with van der Waals surface area (Å²) in [5.74, 6) is 0.344. The minimum absolute atomic E-state index is 0.122. The zero-order chi connectivity index (χ0) is 17.9. The van der Waals surface area contributed by atoms with Crippen LogP contribution >= 0.6 is 0 Å². The van der Waals surface area contributed by atoms with E-state index in [4.69, 9.17) is 4.74 Å². The average Bonchev–Trinajstić information content (AvgIpc) is 2.52. The third kappa shape index (κ3) is 7.34. The van der Waals surface area contributed by atoms with Gasteiger partial charge in [0.15, 0.2) is 5.78 Å². The molecule has 0 atom stereocenters. The Hall–Kier alpha value is -2.26. The second kappa shape index (κ2) is 10.5. The molecule has 0 amide bonds. The number of Topliss-reactive ketones (excluding diaryl/α,β-unsaturated/α-hetero) is 2. The van der Waals surface area contributed by atoms with Crippen LogP contribution in [0.25, 0.3) is 0 Å². The fourth-order valence-corrected chi connectivity index (χ4v) is 2.31. The molecule has 128 valence electrons. The Balaban J connectivity index is 0.000000243. The fraction of sp³-hybridized carbons (Fsp3) is 0.333. The molecule has 0 bridgehead atoms. The predicted molar refractivity (Wildman–Crippen MR) is 97.3 cm³/mol. The van der Waals surface area contributed by atoms with Crippen molar-refractivity contribution in [3.8, 4) is 0 Å². The molecular weight excluding hydrogens is 300 g/mol. The summed E-state index contributed by atoms with van der Waals surface area (Å²) in [5.41, 5.74) is 4.58. The molecule has 0 saturated heterocycles. The van der Waals surface area contributed by atoms with Crippen LogP contribution in [0.4, 0.5) is 0 Å². The van der Waals surface area contributed by atoms with E-state index in [1.165, 1.54) is 12.7 Å². The van der Waals surface area contributed by atoms with Gasteiger partial charge in [-0.2, -0.15) is 0 Å². The van der Waals surface area contributed by atoms with Crippen molar-refractivity contribution in [3.63, 3.8) is 0 Å². The van der Waals surface area contributed by atoms with Crippen molar-refractivity contribution < 1.29 is 14.3 Å². The standard InChI is InChI=1S/C11H14O2.C10H12O/c1-9-5-3-4-6-10(9)7-11(12)8-13-2;1-8-5-3-4-6-10(8)7-9(2)11/h3-6H,7-8H2,1-2H3;3-6H,7H2,1-2H3. The van der Waals surface area contributed by atoms with E-state index in [-0.39, 0.29) is 18.2 Å². The van der Waals surface area contributed by atoms with Gasteiger partial charge in [-0.1, -0.05) is 48.5 Å². The number of aryl methyl sites for hydroxylation is 2. The van der Waals surface area contributed by atoms with Gasteiger partial charge in [-0.05, 0) is 43.0 Å². The minimum Gasteiger partial charge on any atom is -0.377 e. The number of carbonyl (C=O) groups excluding carboxylic acids is 2. The number of ether oxygens (including phenoxy) is 1. The molecule has 0 aliphatic heterocycles. The summed E-state index contributed by atoms with van der Waals surface area (Å²) in [6.45, 7) is 5.86. The number of hydrogen-bond acceptors (Lipinski definition) is 3. The van der Waals surface area contributed by atoms with Gasteiger partial charge in [0, 0.05) is 20.0 Å². The first-order chi connectivity index (χ1) is 11.4. The first kappa shape index (κ1) is 19.8. The van der Waals surface area contributed by atoms with Crippen LogP contribution in [0.5, 0.6) is 0 Å². The Morgan fingerprint density at radius 1 is 0.833 bits per heavy atom. The van der Waals surface area contributed by atoms with Crippen LogP contribution in [0, 0.1) is 13.8 Å². The Bertz CT molecular complexity index is 674. The van der Waals surface area contributed by atoms with Gasteiger partial charge in [0.25, 0.3) is 0 Å². The van der Waals surface area contributed by atoms with Crippen LogP contribution in [-0.2, 0) is 27.2 Å². The maximum atomic E-state index is 11.2. The van der Waals surface area contributed by atoms with Gasteiger partial charge in [0.2, 0.25) is 0 Å². The summed E-state index contributed by atoms with van der Waals surface area (Å²) in [6, 6.07) is 15.9. The monoisotopic (exact) mass is 326 g/mol. The summed E-state index contributed by atoms with van der Waals surface area (Å²) >= 11 is 0. The van der Waals surface area contributed by atoms with Gasteiger partial charge >= 0.3 is 0 Å². The molecule has 2 aromatic rings. The van der Waals surface area contributed by atoms with E-state index in [2.05, 4.69) is 0 Å². The zero-order valence-corrected chi connectivity index (χ0v) is 15.0. The van der Waals surface area contributed by atoms with Crippen molar-refractivity contribution in [2.45, 2.75) is 33.6 Å². The average molecular weight is 326 g/mol. The Kier molecular flexibility index (Phi) is 8.66. The van der Waals surface area contributed by atoms with Crippen LogP contribution in [0.3, 0.4) is 0 Å². The molecule has 24 heavy (non-hydrogen) atoms. The van der Waals surface area contributed by atoms with E-state index < -0.39 is 0 Å². The van der Waals surface area contributed by atoms with E-state index in [0.717, 1.165) is 16.7 Å². The van der Waals surface area contributed by atoms with Crippen LogP contribution in [0.1, 0.15) is 29.2 Å². The number of ketones is 2. The van der Waals surface area contributed by atoms with Crippen molar-refractivity contribution in [3.05, 3.63) is 70.8 Å². The third-order valence-electron chi connectivity index (χ3n) is 3.65. The summed E-state index contributed by atoms with van der Waals surface area (Å²) < 4.78 is 4.77. The molecule has 2 rings (SSSR count). The highest BCUT2D eigenvalue weighted by Crippen LogP contribution is 2.08. The van der Waals surface area contributed by atoms with Gasteiger partial charge in [-0.25, -0.2) is 0 Å². The van der Waals surface area contributed by atoms with E-state index in [0.29, 0.717) is 12.8 Å². The molecule has 2 aromatic carbocycles. The molecular formula is C21H26O3. The number of methoxy groups -OCH3 is 1. The highest BCUT2D eigenvalue weighted by atomic mass is 16.5. The van der Waals surface area contributed by atoms with E-state index >= 15 is 0 Å². The van der Waals surface area contributed by atoms with Gasteiger partial charge in [0.05, 0.1) is 0 Å².